The van der Waals surface area contributed by atoms with E-state index >= 15 is 0 Å². The summed E-state index contributed by atoms with van der Waals surface area (Å²) in [6.07, 6.45) is 0. The first-order chi connectivity index (χ1) is 8.83. The highest BCUT2D eigenvalue weighted by Crippen LogP contribution is 2.34. The molecule has 18 heavy (non-hydrogen) atoms. The van der Waals surface area contributed by atoms with Crippen LogP contribution in [0.1, 0.15) is 5.56 Å². The van der Waals surface area contributed by atoms with E-state index in [1.165, 1.54) is 27.1 Å². The van der Waals surface area contributed by atoms with Crippen LogP contribution in [0.4, 0.5) is 0 Å². The van der Waals surface area contributed by atoms with E-state index in [2.05, 4.69) is 61.5 Å². The van der Waals surface area contributed by atoms with Gasteiger partial charge in [-0.2, -0.15) is 0 Å². The van der Waals surface area contributed by atoms with Gasteiger partial charge < -0.3 is 4.42 Å². The largest absolute Gasteiger partial charge is 0.456 e. The highest BCUT2D eigenvalue weighted by Gasteiger charge is 2.09. The number of hydrogen-bond acceptors (Lipinski definition) is 1. The fourth-order valence-electron chi connectivity index (χ4n) is 2.65. The Bertz CT molecular complexity index is 884. The summed E-state index contributed by atoms with van der Waals surface area (Å²) in [5, 5.41) is 4.95. The quantitative estimate of drug-likeness (QED) is 0.413. The molecule has 0 aliphatic rings. The Hall–Kier alpha value is -2.28. The summed E-state index contributed by atoms with van der Waals surface area (Å²) in [7, 11) is 0. The van der Waals surface area contributed by atoms with E-state index in [1.54, 1.807) is 0 Å². The number of benzene rings is 3. The molecule has 4 aromatic rings. The van der Waals surface area contributed by atoms with E-state index in [1.807, 2.05) is 0 Å². The zero-order valence-corrected chi connectivity index (χ0v) is 10.1. The fourth-order valence-corrected chi connectivity index (χ4v) is 2.65. The molecule has 0 saturated carbocycles. The topological polar surface area (TPSA) is 13.1 Å². The molecular weight excluding hydrogens is 220 g/mol. The Balaban J connectivity index is 2.33. The molecule has 0 fully saturated rings. The molecule has 0 radical (unpaired) electrons. The molecule has 0 atom stereocenters. The summed E-state index contributed by atoms with van der Waals surface area (Å²) in [6.45, 7) is 2.09. The lowest BCUT2D eigenvalue weighted by Crippen LogP contribution is -1.74. The van der Waals surface area contributed by atoms with Crippen LogP contribution in [0.3, 0.4) is 0 Å². The third-order valence-corrected chi connectivity index (χ3v) is 3.52. The molecule has 4 rings (SSSR count). The molecule has 0 saturated heterocycles. The zero-order chi connectivity index (χ0) is 12.1. The van der Waals surface area contributed by atoms with Crippen LogP contribution in [0, 0.1) is 6.92 Å². The van der Waals surface area contributed by atoms with Crippen molar-refractivity contribution in [1.29, 1.82) is 0 Å². The van der Waals surface area contributed by atoms with Gasteiger partial charge in [0.25, 0.3) is 0 Å². The SMILES string of the molecule is Cc1ccc2c(c1)oc1ccc3ccccc3c12. The number of fused-ring (bicyclic) bond motifs is 5. The van der Waals surface area contributed by atoms with Crippen LogP contribution in [0.15, 0.2) is 59.0 Å². The van der Waals surface area contributed by atoms with Crippen molar-refractivity contribution < 1.29 is 4.42 Å². The molecular formula is C17H12O. The maximum absolute atomic E-state index is 5.94. The summed E-state index contributed by atoms with van der Waals surface area (Å²) < 4.78 is 5.94. The van der Waals surface area contributed by atoms with Gasteiger partial charge in [-0.15, -0.1) is 0 Å². The summed E-state index contributed by atoms with van der Waals surface area (Å²) in [5.74, 6) is 0. The van der Waals surface area contributed by atoms with Gasteiger partial charge in [-0.05, 0) is 35.4 Å². The first-order valence-electron chi connectivity index (χ1n) is 6.13. The van der Waals surface area contributed by atoms with Gasteiger partial charge in [0.1, 0.15) is 11.2 Å². The van der Waals surface area contributed by atoms with Gasteiger partial charge in [0.05, 0.1) is 0 Å². The third kappa shape index (κ3) is 1.22. The van der Waals surface area contributed by atoms with E-state index < -0.39 is 0 Å². The molecule has 3 aromatic carbocycles. The van der Waals surface area contributed by atoms with Crippen LogP contribution in [-0.2, 0) is 0 Å². The van der Waals surface area contributed by atoms with Crippen molar-refractivity contribution in [2.75, 3.05) is 0 Å². The highest BCUT2D eigenvalue weighted by atomic mass is 16.3. The lowest BCUT2D eigenvalue weighted by molar-refractivity contribution is 0.669. The fraction of sp³-hybridized carbons (Fsp3) is 0.0588. The van der Waals surface area contributed by atoms with Crippen LogP contribution >= 0.6 is 0 Å². The van der Waals surface area contributed by atoms with Crippen molar-refractivity contribution in [3.63, 3.8) is 0 Å². The number of furan rings is 1. The molecule has 1 aromatic heterocycles. The van der Waals surface area contributed by atoms with Crippen molar-refractivity contribution in [3.8, 4) is 0 Å². The van der Waals surface area contributed by atoms with Gasteiger partial charge in [-0.1, -0.05) is 42.5 Å². The normalized spacial score (nSPS) is 11.6. The van der Waals surface area contributed by atoms with Crippen molar-refractivity contribution >= 4 is 32.7 Å². The second-order valence-electron chi connectivity index (χ2n) is 4.76. The Kier molecular flexibility index (Phi) is 1.81. The van der Waals surface area contributed by atoms with Crippen LogP contribution in [0.25, 0.3) is 32.7 Å². The Morgan fingerprint density at radius 2 is 1.67 bits per heavy atom. The number of rotatable bonds is 0. The Morgan fingerprint density at radius 1 is 0.778 bits per heavy atom. The van der Waals surface area contributed by atoms with Crippen molar-refractivity contribution in [2.24, 2.45) is 0 Å². The second kappa shape index (κ2) is 3.36. The van der Waals surface area contributed by atoms with E-state index in [0.717, 1.165) is 11.2 Å². The molecule has 0 bridgehead atoms. The van der Waals surface area contributed by atoms with E-state index in [0.29, 0.717) is 0 Å². The summed E-state index contributed by atoms with van der Waals surface area (Å²) in [6, 6.07) is 19.0. The first-order valence-corrected chi connectivity index (χ1v) is 6.13. The number of aryl methyl sites for hydroxylation is 1. The van der Waals surface area contributed by atoms with Crippen LogP contribution < -0.4 is 0 Å². The molecule has 0 aliphatic heterocycles. The van der Waals surface area contributed by atoms with Gasteiger partial charge in [-0.25, -0.2) is 0 Å². The summed E-state index contributed by atoms with van der Waals surface area (Å²) in [4.78, 5) is 0. The zero-order valence-electron chi connectivity index (χ0n) is 10.1. The molecule has 86 valence electrons. The van der Waals surface area contributed by atoms with Crippen LogP contribution in [-0.4, -0.2) is 0 Å². The molecule has 0 aliphatic carbocycles. The van der Waals surface area contributed by atoms with E-state index in [-0.39, 0.29) is 0 Å². The average molecular weight is 232 g/mol. The van der Waals surface area contributed by atoms with Gasteiger partial charge in [0, 0.05) is 10.8 Å². The minimum Gasteiger partial charge on any atom is -0.456 e. The molecule has 0 amide bonds. The lowest BCUT2D eigenvalue weighted by Gasteiger charge is -1.98. The van der Waals surface area contributed by atoms with E-state index in [9.17, 15) is 0 Å². The van der Waals surface area contributed by atoms with Crippen molar-refractivity contribution in [3.05, 3.63) is 60.2 Å². The smallest absolute Gasteiger partial charge is 0.136 e. The van der Waals surface area contributed by atoms with Crippen LogP contribution in [0.2, 0.25) is 0 Å². The molecule has 1 heteroatoms. The van der Waals surface area contributed by atoms with E-state index in [4.69, 9.17) is 4.42 Å². The molecule has 1 heterocycles. The maximum Gasteiger partial charge on any atom is 0.136 e. The highest BCUT2D eigenvalue weighted by molar-refractivity contribution is 6.18. The predicted octanol–water partition coefficient (Wildman–Crippen LogP) is 5.05. The summed E-state index contributed by atoms with van der Waals surface area (Å²) in [5.41, 5.74) is 3.17. The standard InChI is InChI=1S/C17H12O/c1-11-6-8-14-16(10-11)18-15-9-7-12-4-2-3-5-13(12)17(14)15/h2-10H,1H3. The van der Waals surface area contributed by atoms with Gasteiger partial charge in [0.15, 0.2) is 0 Å². The monoisotopic (exact) mass is 232 g/mol. The minimum absolute atomic E-state index is 0.967. The predicted molar refractivity (Wildman–Crippen MR) is 76.0 cm³/mol. The maximum atomic E-state index is 5.94. The molecule has 0 N–H and O–H groups in total. The Labute approximate surface area is 105 Å². The minimum atomic E-state index is 0.967. The second-order valence-corrected chi connectivity index (χ2v) is 4.76. The third-order valence-electron chi connectivity index (χ3n) is 3.52. The van der Waals surface area contributed by atoms with Crippen LogP contribution in [0.5, 0.6) is 0 Å². The first kappa shape index (κ1) is 9.72. The molecule has 0 spiro atoms. The molecule has 1 nitrogen and oxygen atoms in total. The average Bonchev–Trinajstić information content (AvgIpc) is 2.76. The summed E-state index contributed by atoms with van der Waals surface area (Å²) >= 11 is 0. The van der Waals surface area contributed by atoms with Crippen molar-refractivity contribution in [1.82, 2.24) is 0 Å². The van der Waals surface area contributed by atoms with Gasteiger partial charge >= 0.3 is 0 Å². The Morgan fingerprint density at radius 3 is 2.61 bits per heavy atom. The lowest BCUT2D eigenvalue weighted by atomic mass is 10.0. The van der Waals surface area contributed by atoms with Gasteiger partial charge in [-0.3, -0.25) is 0 Å². The molecule has 0 unspecified atom stereocenters. The van der Waals surface area contributed by atoms with Gasteiger partial charge in [0.2, 0.25) is 0 Å². The van der Waals surface area contributed by atoms with Crippen molar-refractivity contribution in [2.45, 2.75) is 6.92 Å². The number of hydrogen-bond donors (Lipinski definition) is 0.